The first-order valence-electron chi connectivity index (χ1n) is 6.09. The number of anilines is 1. The molecule has 1 aromatic carbocycles. The zero-order valence-electron chi connectivity index (χ0n) is 10.2. The van der Waals surface area contributed by atoms with E-state index in [1.54, 1.807) is 0 Å². The van der Waals surface area contributed by atoms with Gasteiger partial charge in [0.1, 0.15) is 0 Å². The molecule has 0 N–H and O–H groups in total. The maximum absolute atomic E-state index is 12.6. The molecule has 0 amide bonds. The van der Waals surface area contributed by atoms with Gasteiger partial charge in [0.25, 0.3) is 6.47 Å². The molecule has 2 rings (SSSR count). The van der Waals surface area contributed by atoms with Gasteiger partial charge in [-0.3, -0.25) is 4.79 Å². The second kappa shape index (κ2) is 5.50. The minimum absolute atomic E-state index is 0.0354. The van der Waals surface area contributed by atoms with E-state index in [9.17, 15) is 18.0 Å². The summed E-state index contributed by atoms with van der Waals surface area (Å²) in [4.78, 5) is 12.4. The Bertz CT molecular complexity index is 454. The van der Waals surface area contributed by atoms with Crippen molar-refractivity contribution in [3.63, 3.8) is 0 Å². The number of rotatable bonds is 3. The number of ether oxygens (including phenoxy) is 1. The number of carbonyl (C=O) groups is 1. The zero-order chi connectivity index (χ0) is 13.9. The lowest BCUT2D eigenvalue weighted by atomic mass is 10.1. The van der Waals surface area contributed by atoms with E-state index >= 15 is 0 Å². The highest BCUT2D eigenvalue weighted by atomic mass is 19.4. The molecular weight excluding hydrogens is 259 g/mol. The maximum atomic E-state index is 12.6. The predicted octanol–water partition coefficient (Wildman–Crippen LogP) is 3.23. The molecule has 6 heteroatoms. The highest BCUT2D eigenvalue weighted by Gasteiger charge is 2.32. The molecule has 1 saturated heterocycles. The molecule has 0 aliphatic carbocycles. The normalized spacial score (nSPS) is 16.3. The standard InChI is InChI=1S/C13H14F3NO2/c14-13(15,16)10-4-5-11(12(8-10)19-9-18)17-6-2-1-3-7-17/h4-5,8-9H,1-3,6-7H2. The third-order valence-electron chi connectivity index (χ3n) is 3.16. The van der Waals surface area contributed by atoms with Gasteiger partial charge in [0.05, 0.1) is 11.3 Å². The summed E-state index contributed by atoms with van der Waals surface area (Å²) in [5, 5.41) is 0. The lowest BCUT2D eigenvalue weighted by Gasteiger charge is -2.30. The minimum Gasteiger partial charge on any atom is -0.427 e. The van der Waals surface area contributed by atoms with E-state index < -0.39 is 11.7 Å². The number of alkyl halides is 3. The molecule has 3 nitrogen and oxygen atoms in total. The Balaban J connectivity index is 2.34. The summed E-state index contributed by atoms with van der Waals surface area (Å²) in [6.45, 7) is 1.68. The molecule has 0 bridgehead atoms. The summed E-state index contributed by atoms with van der Waals surface area (Å²) in [6, 6.07) is 3.26. The molecular formula is C13H14F3NO2. The molecule has 0 aromatic heterocycles. The van der Waals surface area contributed by atoms with Crippen LogP contribution in [0.4, 0.5) is 18.9 Å². The highest BCUT2D eigenvalue weighted by Crippen LogP contribution is 2.37. The maximum Gasteiger partial charge on any atom is 0.416 e. The van der Waals surface area contributed by atoms with Gasteiger partial charge >= 0.3 is 6.18 Å². The molecule has 1 aliphatic rings. The number of carbonyl (C=O) groups excluding carboxylic acids is 1. The number of nitrogens with zero attached hydrogens (tertiary/aromatic N) is 1. The van der Waals surface area contributed by atoms with Gasteiger partial charge in [-0.15, -0.1) is 0 Å². The molecule has 0 saturated carbocycles. The fourth-order valence-corrected chi connectivity index (χ4v) is 2.23. The van der Waals surface area contributed by atoms with Crippen LogP contribution in [0.15, 0.2) is 18.2 Å². The fraction of sp³-hybridized carbons (Fsp3) is 0.462. The highest BCUT2D eigenvalue weighted by molar-refractivity contribution is 5.64. The third-order valence-corrected chi connectivity index (χ3v) is 3.16. The van der Waals surface area contributed by atoms with Gasteiger partial charge in [-0.05, 0) is 37.5 Å². The molecule has 19 heavy (non-hydrogen) atoms. The minimum atomic E-state index is -4.44. The Labute approximate surface area is 109 Å². The van der Waals surface area contributed by atoms with Gasteiger partial charge in [0, 0.05) is 13.1 Å². The monoisotopic (exact) mass is 273 g/mol. The van der Waals surface area contributed by atoms with Crippen LogP contribution < -0.4 is 9.64 Å². The Kier molecular flexibility index (Phi) is 3.97. The van der Waals surface area contributed by atoms with Crippen LogP contribution in [0.3, 0.4) is 0 Å². The average molecular weight is 273 g/mol. The molecule has 1 fully saturated rings. The molecule has 1 aliphatic heterocycles. The van der Waals surface area contributed by atoms with Crippen molar-refractivity contribution in [2.45, 2.75) is 25.4 Å². The number of hydrogen-bond acceptors (Lipinski definition) is 3. The number of benzene rings is 1. The van der Waals surface area contributed by atoms with Crippen molar-refractivity contribution < 1.29 is 22.7 Å². The molecule has 1 heterocycles. The molecule has 104 valence electrons. The van der Waals surface area contributed by atoms with E-state index in [1.165, 1.54) is 6.07 Å². The van der Waals surface area contributed by atoms with Gasteiger partial charge in [0.15, 0.2) is 5.75 Å². The van der Waals surface area contributed by atoms with Crippen LogP contribution in [-0.4, -0.2) is 19.6 Å². The van der Waals surface area contributed by atoms with Gasteiger partial charge in [-0.25, -0.2) is 0 Å². The smallest absolute Gasteiger partial charge is 0.416 e. The first-order valence-corrected chi connectivity index (χ1v) is 6.09. The van der Waals surface area contributed by atoms with Crippen LogP contribution in [0.1, 0.15) is 24.8 Å². The van der Waals surface area contributed by atoms with Gasteiger partial charge < -0.3 is 9.64 Å². The summed E-state index contributed by atoms with van der Waals surface area (Å²) in [5.41, 5.74) is -0.273. The van der Waals surface area contributed by atoms with Crippen molar-refractivity contribution in [2.24, 2.45) is 0 Å². The molecule has 0 spiro atoms. The Morgan fingerprint density at radius 1 is 1.16 bits per heavy atom. The second-order valence-electron chi connectivity index (χ2n) is 4.44. The lowest BCUT2D eigenvalue weighted by molar-refractivity contribution is -0.138. The summed E-state index contributed by atoms with van der Waals surface area (Å²) in [7, 11) is 0. The zero-order valence-corrected chi connectivity index (χ0v) is 10.2. The SMILES string of the molecule is O=COc1cc(C(F)(F)F)ccc1N1CCCCC1. The first-order chi connectivity index (χ1) is 9.02. The summed E-state index contributed by atoms with van der Waals surface area (Å²) in [6.07, 6.45) is -1.36. The molecule has 1 aromatic rings. The van der Waals surface area contributed by atoms with Crippen molar-refractivity contribution in [1.29, 1.82) is 0 Å². The van der Waals surface area contributed by atoms with Crippen molar-refractivity contribution in [3.05, 3.63) is 23.8 Å². The van der Waals surface area contributed by atoms with E-state index in [1.807, 2.05) is 4.90 Å². The number of piperidine rings is 1. The topological polar surface area (TPSA) is 29.5 Å². The van der Waals surface area contributed by atoms with Crippen LogP contribution in [0.5, 0.6) is 5.75 Å². The molecule has 0 radical (unpaired) electrons. The predicted molar refractivity (Wildman–Crippen MR) is 64.2 cm³/mol. The Morgan fingerprint density at radius 3 is 2.42 bits per heavy atom. The fourth-order valence-electron chi connectivity index (χ4n) is 2.23. The van der Waals surface area contributed by atoms with E-state index in [0.29, 0.717) is 5.69 Å². The molecule has 0 unspecified atom stereocenters. The van der Waals surface area contributed by atoms with Crippen LogP contribution in [0.25, 0.3) is 0 Å². The van der Waals surface area contributed by atoms with E-state index in [2.05, 4.69) is 0 Å². The average Bonchev–Trinajstić information content (AvgIpc) is 2.39. The summed E-state index contributed by atoms with van der Waals surface area (Å²) in [5.74, 6) is -0.0354. The van der Waals surface area contributed by atoms with Gasteiger partial charge in [-0.1, -0.05) is 0 Å². The summed E-state index contributed by atoms with van der Waals surface area (Å²) < 4.78 is 42.6. The second-order valence-corrected chi connectivity index (χ2v) is 4.44. The Morgan fingerprint density at radius 2 is 1.84 bits per heavy atom. The first kappa shape index (κ1) is 13.7. The van der Waals surface area contributed by atoms with Crippen LogP contribution in [0, 0.1) is 0 Å². The van der Waals surface area contributed by atoms with Crippen molar-refractivity contribution >= 4 is 12.2 Å². The van der Waals surface area contributed by atoms with Crippen LogP contribution >= 0.6 is 0 Å². The van der Waals surface area contributed by atoms with Crippen molar-refractivity contribution in [1.82, 2.24) is 0 Å². The third kappa shape index (κ3) is 3.19. The quantitative estimate of drug-likeness (QED) is 0.792. The van der Waals surface area contributed by atoms with Crippen molar-refractivity contribution in [3.8, 4) is 5.75 Å². The lowest BCUT2D eigenvalue weighted by Crippen LogP contribution is -2.29. The number of halogens is 3. The van der Waals surface area contributed by atoms with Crippen LogP contribution in [0.2, 0.25) is 0 Å². The van der Waals surface area contributed by atoms with Crippen LogP contribution in [-0.2, 0) is 11.0 Å². The largest absolute Gasteiger partial charge is 0.427 e. The van der Waals surface area contributed by atoms with Gasteiger partial charge in [-0.2, -0.15) is 13.2 Å². The van der Waals surface area contributed by atoms with E-state index in [0.717, 1.165) is 44.5 Å². The van der Waals surface area contributed by atoms with E-state index in [4.69, 9.17) is 4.74 Å². The van der Waals surface area contributed by atoms with Crippen molar-refractivity contribution in [2.75, 3.05) is 18.0 Å². The Hall–Kier alpha value is -1.72. The van der Waals surface area contributed by atoms with Gasteiger partial charge in [0.2, 0.25) is 0 Å². The molecule has 0 atom stereocenters. The number of hydrogen-bond donors (Lipinski definition) is 0. The van der Waals surface area contributed by atoms with E-state index in [-0.39, 0.29) is 12.2 Å². The summed E-state index contributed by atoms with van der Waals surface area (Å²) >= 11 is 0.